The summed E-state index contributed by atoms with van der Waals surface area (Å²) in [6.07, 6.45) is 0. The Labute approximate surface area is 108 Å². The second-order valence-electron chi connectivity index (χ2n) is 4.24. The summed E-state index contributed by atoms with van der Waals surface area (Å²) >= 11 is 1.26. The molecule has 1 rings (SSSR count). The van der Waals surface area contributed by atoms with Crippen LogP contribution in [-0.4, -0.2) is 42.7 Å². The first-order valence-corrected chi connectivity index (χ1v) is 6.51. The van der Waals surface area contributed by atoms with Gasteiger partial charge < -0.3 is 9.80 Å². The SMILES string of the molecule is CCN(C)Cc1ccc(SC(=O)N(C)C)cc1. The van der Waals surface area contributed by atoms with Crippen LogP contribution >= 0.6 is 11.8 Å². The van der Waals surface area contributed by atoms with E-state index in [2.05, 4.69) is 31.0 Å². The molecule has 0 heterocycles. The van der Waals surface area contributed by atoms with Crippen molar-refractivity contribution in [1.29, 1.82) is 0 Å². The van der Waals surface area contributed by atoms with Crippen molar-refractivity contribution in [2.24, 2.45) is 0 Å². The zero-order chi connectivity index (χ0) is 12.8. The fraction of sp³-hybridized carbons (Fsp3) is 0.462. The molecular weight excluding hydrogens is 232 g/mol. The van der Waals surface area contributed by atoms with Crippen LogP contribution in [-0.2, 0) is 6.54 Å². The molecule has 0 aliphatic rings. The molecule has 4 heteroatoms. The molecule has 0 aliphatic carbocycles. The predicted molar refractivity (Wildman–Crippen MR) is 73.4 cm³/mol. The van der Waals surface area contributed by atoms with E-state index in [4.69, 9.17) is 0 Å². The number of carbonyl (C=O) groups excluding carboxylic acids is 1. The molecule has 0 N–H and O–H groups in total. The van der Waals surface area contributed by atoms with Crippen LogP contribution in [0.3, 0.4) is 0 Å². The van der Waals surface area contributed by atoms with Gasteiger partial charge in [-0.05, 0) is 43.1 Å². The minimum Gasteiger partial charge on any atom is -0.339 e. The van der Waals surface area contributed by atoms with Gasteiger partial charge in [0.25, 0.3) is 5.24 Å². The molecule has 0 fully saturated rings. The average molecular weight is 252 g/mol. The van der Waals surface area contributed by atoms with Gasteiger partial charge >= 0.3 is 0 Å². The average Bonchev–Trinajstić information content (AvgIpc) is 2.31. The lowest BCUT2D eigenvalue weighted by atomic mass is 10.2. The Morgan fingerprint density at radius 2 is 1.76 bits per heavy atom. The van der Waals surface area contributed by atoms with Gasteiger partial charge in [0.05, 0.1) is 0 Å². The Morgan fingerprint density at radius 1 is 1.18 bits per heavy atom. The zero-order valence-electron chi connectivity index (χ0n) is 10.9. The summed E-state index contributed by atoms with van der Waals surface area (Å²) in [4.78, 5) is 16.3. The van der Waals surface area contributed by atoms with Crippen LogP contribution in [0.25, 0.3) is 0 Å². The van der Waals surface area contributed by atoms with Gasteiger partial charge in [0.2, 0.25) is 0 Å². The number of carbonyl (C=O) groups is 1. The second kappa shape index (κ2) is 6.67. The molecule has 1 aromatic carbocycles. The summed E-state index contributed by atoms with van der Waals surface area (Å²) in [5, 5.41) is 0.0587. The summed E-state index contributed by atoms with van der Waals surface area (Å²) in [7, 11) is 5.62. The standard InChI is InChI=1S/C13H20N2OS/c1-5-15(4)10-11-6-8-12(9-7-11)17-13(16)14(2)3/h6-9H,5,10H2,1-4H3. The molecular formula is C13H20N2OS. The molecule has 0 radical (unpaired) electrons. The third kappa shape index (κ3) is 4.79. The van der Waals surface area contributed by atoms with Gasteiger partial charge in [0, 0.05) is 25.5 Å². The normalized spacial score (nSPS) is 10.6. The van der Waals surface area contributed by atoms with Gasteiger partial charge in [0.15, 0.2) is 0 Å². The number of thioether (sulfide) groups is 1. The number of hydrogen-bond donors (Lipinski definition) is 0. The fourth-order valence-corrected chi connectivity index (χ4v) is 1.93. The van der Waals surface area contributed by atoms with Gasteiger partial charge in [0.1, 0.15) is 0 Å². The summed E-state index contributed by atoms with van der Waals surface area (Å²) in [5.41, 5.74) is 1.27. The van der Waals surface area contributed by atoms with E-state index in [9.17, 15) is 4.79 Å². The minimum atomic E-state index is 0.0587. The molecule has 0 aliphatic heterocycles. The highest BCUT2D eigenvalue weighted by atomic mass is 32.2. The Hall–Kier alpha value is -1.00. The monoisotopic (exact) mass is 252 g/mol. The Balaban J connectivity index is 2.59. The van der Waals surface area contributed by atoms with Crippen molar-refractivity contribution in [3.05, 3.63) is 29.8 Å². The summed E-state index contributed by atoms with van der Waals surface area (Å²) < 4.78 is 0. The van der Waals surface area contributed by atoms with Crippen molar-refractivity contribution in [2.45, 2.75) is 18.4 Å². The number of nitrogens with zero attached hydrogens (tertiary/aromatic N) is 2. The van der Waals surface area contributed by atoms with Crippen LogP contribution in [0, 0.1) is 0 Å². The van der Waals surface area contributed by atoms with E-state index in [-0.39, 0.29) is 5.24 Å². The first kappa shape index (κ1) is 14.1. The maximum Gasteiger partial charge on any atom is 0.285 e. The molecule has 3 nitrogen and oxygen atoms in total. The summed E-state index contributed by atoms with van der Waals surface area (Å²) in [6.45, 7) is 4.12. The van der Waals surface area contributed by atoms with E-state index in [1.165, 1.54) is 17.3 Å². The number of rotatable bonds is 4. The van der Waals surface area contributed by atoms with Gasteiger partial charge in [-0.25, -0.2) is 0 Å². The van der Waals surface area contributed by atoms with Crippen molar-refractivity contribution in [1.82, 2.24) is 9.80 Å². The first-order valence-electron chi connectivity index (χ1n) is 5.69. The molecule has 94 valence electrons. The van der Waals surface area contributed by atoms with Gasteiger partial charge in [-0.3, -0.25) is 4.79 Å². The van der Waals surface area contributed by atoms with Crippen LogP contribution in [0.5, 0.6) is 0 Å². The van der Waals surface area contributed by atoms with Crippen LogP contribution < -0.4 is 0 Å². The molecule has 0 saturated carbocycles. The maximum absolute atomic E-state index is 11.5. The second-order valence-corrected chi connectivity index (χ2v) is 5.26. The topological polar surface area (TPSA) is 23.6 Å². The van der Waals surface area contributed by atoms with Crippen molar-refractivity contribution >= 4 is 17.0 Å². The van der Waals surface area contributed by atoms with E-state index in [1.54, 1.807) is 19.0 Å². The highest BCUT2D eigenvalue weighted by Crippen LogP contribution is 2.21. The third-order valence-corrected chi connectivity index (χ3v) is 3.53. The molecule has 0 aromatic heterocycles. The van der Waals surface area contributed by atoms with Crippen molar-refractivity contribution in [3.63, 3.8) is 0 Å². The highest BCUT2D eigenvalue weighted by Gasteiger charge is 2.06. The lowest BCUT2D eigenvalue weighted by Gasteiger charge is -2.14. The Morgan fingerprint density at radius 3 is 2.24 bits per heavy atom. The minimum absolute atomic E-state index is 0.0587. The van der Waals surface area contributed by atoms with Gasteiger partial charge in [-0.1, -0.05) is 19.1 Å². The number of hydrogen-bond acceptors (Lipinski definition) is 3. The molecule has 1 aromatic rings. The predicted octanol–water partition coefficient (Wildman–Crippen LogP) is 2.91. The molecule has 0 unspecified atom stereocenters. The quantitative estimate of drug-likeness (QED) is 0.770. The molecule has 1 amide bonds. The lowest BCUT2D eigenvalue weighted by molar-refractivity contribution is 0.241. The molecule has 17 heavy (non-hydrogen) atoms. The number of benzene rings is 1. The molecule has 0 spiro atoms. The number of amides is 1. The van der Waals surface area contributed by atoms with Crippen molar-refractivity contribution in [3.8, 4) is 0 Å². The van der Waals surface area contributed by atoms with Crippen molar-refractivity contribution in [2.75, 3.05) is 27.7 Å². The summed E-state index contributed by atoms with van der Waals surface area (Å²) in [5.74, 6) is 0. The van der Waals surface area contributed by atoms with Gasteiger partial charge in [-0.2, -0.15) is 0 Å². The van der Waals surface area contributed by atoms with E-state index in [0.717, 1.165) is 18.0 Å². The molecule has 0 saturated heterocycles. The summed E-state index contributed by atoms with van der Waals surface area (Å²) in [6, 6.07) is 8.17. The van der Waals surface area contributed by atoms with Crippen molar-refractivity contribution < 1.29 is 4.79 Å². The van der Waals surface area contributed by atoms with E-state index in [0.29, 0.717) is 0 Å². The maximum atomic E-state index is 11.5. The van der Waals surface area contributed by atoms with Crippen LogP contribution in [0.2, 0.25) is 0 Å². The van der Waals surface area contributed by atoms with Gasteiger partial charge in [-0.15, -0.1) is 0 Å². The molecule has 0 atom stereocenters. The van der Waals surface area contributed by atoms with E-state index < -0.39 is 0 Å². The Bertz CT molecular complexity index is 362. The molecule has 0 bridgehead atoms. The largest absolute Gasteiger partial charge is 0.339 e. The Kier molecular flexibility index (Phi) is 5.51. The van der Waals surface area contributed by atoms with E-state index in [1.807, 2.05) is 12.1 Å². The first-order chi connectivity index (χ1) is 8.02. The smallest absolute Gasteiger partial charge is 0.285 e. The lowest BCUT2D eigenvalue weighted by Crippen LogP contribution is -2.17. The zero-order valence-corrected chi connectivity index (χ0v) is 11.8. The van der Waals surface area contributed by atoms with Crippen LogP contribution in [0.15, 0.2) is 29.2 Å². The van der Waals surface area contributed by atoms with Crippen LogP contribution in [0.4, 0.5) is 4.79 Å². The van der Waals surface area contributed by atoms with Crippen LogP contribution in [0.1, 0.15) is 12.5 Å². The third-order valence-electron chi connectivity index (χ3n) is 2.49. The van der Waals surface area contributed by atoms with E-state index >= 15 is 0 Å². The fourth-order valence-electron chi connectivity index (χ4n) is 1.28. The highest BCUT2D eigenvalue weighted by molar-refractivity contribution is 8.13.